The van der Waals surface area contributed by atoms with E-state index >= 15 is 0 Å². The molecule has 1 unspecified atom stereocenters. The number of benzene rings is 2. The Morgan fingerprint density at radius 3 is 2.59 bits per heavy atom. The number of rotatable bonds is 13. The Labute approximate surface area is 246 Å². The maximum absolute atomic E-state index is 13.3. The van der Waals surface area contributed by atoms with E-state index in [4.69, 9.17) is 31.9 Å². The summed E-state index contributed by atoms with van der Waals surface area (Å²) in [5, 5.41) is 29.7. The number of hydrogen-bond donors (Lipinski definition) is 3. The number of nitrogen functional groups attached to an aromatic ring is 1. The largest absolute Gasteiger partial charge is 0.493 e. The van der Waals surface area contributed by atoms with Gasteiger partial charge in [-0.25, -0.2) is 5.01 Å². The number of nitrogens with zero attached hydrogens (tertiary/aromatic N) is 3. The van der Waals surface area contributed by atoms with E-state index in [1.807, 2.05) is 24.3 Å². The molecule has 0 spiro atoms. The fraction of sp³-hybridized carbons (Fsp3) is 0.452. The number of aliphatic hydroxyl groups is 1. The molecule has 3 atom stereocenters. The molecule has 4 N–H and O–H groups in total. The van der Waals surface area contributed by atoms with Crippen molar-refractivity contribution in [1.82, 2.24) is 10.3 Å². The molecule has 1 heterocycles. The predicted octanol–water partition coefficient (Wildman–Crippen LogP) is 4.82. The number of hydrazone groups is 1. The number of nitrogens with one attached hydrogen (secondary N) is 1. The van der Waals surface area contributed by atoms with Crippen molar-refractivity contribution in [3.63, 3.8) is 0 Å². The molecule has 0 aromatic heterocycles. The lowest BCUT2D eigenvalue weighted by Gasteiger charge is -2.37. The molecule has 2 aromatic rings. The van der Waals surface area contributed by atoms with E-state index in [1.54, 1.807) is 31.4 Å². The number of unbranched alkanes of at least 4 members (excludes halogenated alkanes) is 3. The molecule has 1 aliphatic heterocycles. The van der Waals surface area contributed by atoms with E-state index in [0.29, 0.717) is 30.2 Å². The third-order valence-electron chi connectivity index (χ3n) is 7.73. The zero-order valence-corrected chi connectivity index (χ0v) is 24.4. The minimum absolute atomic E-state index is 0.0547. The van der Waals surface area contributed by atoms with E-state index in [0.717, 1.165) is 56.3 Å². The van der Waals surface area contributed by atoms with Gasteiger partial charge < -0.3 is 25.6 Å². The van der Waals surface area contributed by atoms with Crippen LogP contribution in [0.2, 0.25) is 5.02 Å². The summed E-state index contributed by atoms with van der Waals surface area (Å²) in [5.74, 6) is 1.36. The lowest BCUT2D eigenvalue weighted by Crippen LogP contribution is -2.45. The number of hydrogen-bond acceptors (Lipinski definition) is 8. The molecule has 4 rings (SSSR count). The van der Waals surface area contributed by atoms with Crippen molar-refractivity contribution in [2.24, 2.45) is 16.9 Å². The van der Waals surface area contributed by atoms with E-state index in [1.165, 1.54) is 0 Å². The summed E-state index contributed by atoms with van der Waals surface area (Å²) in [6.45, 7) is 1.66. The number of carbonyl (C=O) groups is 1. The zero-order chi connectivity index (χ0) is 29.4. The normalized spacial score (nSPS) is 18.9. The molecule has 2 aliphatic rings. The minimum Gasteiger partial charge on any atom is -0.493 e. The molecule has 0 bridgehead atoms. The number of aliphatic hydroxyl groups excluding tert-OH is 1. The third kappa shape index (κ3) is 7.20. The second-order valence-electron chi connectivity index (χ2n) is 10.4. The van der Waals surface area contributed by atoms with Gasteiger partial charge in [0.05, 0.1) is 48.2 Å². The number of nitriles is 1. The van der Waals surface area contributed by atoms with Crippen molar-refractivity contribution in [2.45, 2.75) is 44.6 Å². The quantitative estimate of drug-likeness (QED) is 0.176. The van der Waals surface area contributed by atoms with Crippen molar-refractivity contribution in [3.8, 4) is 17.6 Å². The number of halogens is 1. The molecule has 218 valence electrons. The Morgan fingerprint density at radius 1 is 1.12 bits per heavy atom. The summed E-state index contributed by atoms with van der Waals surface area (Å²) in [4.78, 5) is 13.3. The molecule has 0 fully saturated rings. The fourth-order valence-corrected chi connectivity index (χ4v) is 5.64. The van der Waals surface area contributed by atoms with Gasteiger partial charge in [0.15, 0.2) is 11.5 Å². The van der Waals surface area contributed by atoms with Crippen LogP contribution in [-0.4, -0.2) is 55.6 Å². The van der Waals surface area contributed by atoms with Gasteiger partial charge in [0.2, 0.25) is 5.91 Å². The van der Waals surface area contributed by atoms with Crippen LogP contribution in [0.1, 0.15) is 61.3 Å². The highest BCUT2D eigenvalue weighted by atomic mass is 35.5. The lowest BCUT2D eigenvalue weighted by atomic mass is 9.76. The number of ether oxygens (including phenoxy) is 2. The van der Waals surface area contributed by atoms with Crippen molar-refractivity contribution in [1.29, 1.82) is 5.26 Å². The number of allylic oxidation sites excluding steroid dienone is 2. The van der Waals surface area contributed by atoms with Crippen LogP contribution in [0, 0.1) is 23.2 Å². The average molecular weight is 580 g/mol. The number of amides is 1. The molecular formula is C31H38ClN5O4. The maximum atomic E-state index is 13.3. The first kappa shape index (κ1) is 30.4. The average Bonchev–Trinajstić information content (AvgIpc) is 3.00. The van der Waals surface area contributed by atoms with Crippen molar-refractivity contribution in [2.75, 3.05) is 39.6 Å². The number of anilines is 1. The van der Waals surface area contributed by atoms with Gasteiger partial charge >= 0.3 is 0 Å². The molecule has 0 saturated heterocycles. The SMILES string of the molecule is COc1ccc(C2=NN(CCCCCCNCC(O)c3cc(Cl)c(N)c(C#N)c3)C(=O)[C@@H]3CC=CC[C@H]23)cc1OC. The van der Waals surface area contributed by atoms with Crippen LogP contribution in [0.25, 0.3) is 0 Å². The molecule has 10 heteroatoms. The van der Waals surface area contributed by atoms with E-state index < -0.39 is 6.10 Å². The summed E-state index contributed by atoms with van der Waals surface area (Å²) in [5.41, 5.74) is 8.70. The summed E-state index contributed by atoms with van der Waals surface area (Å²) in [7, 11) is 3.23. The fourth-order valence-electron chi connectivity index (χ4n) is 5.41. The highest BCUT2D eigenvalue weighted by Crippen LogP contribution is 2.37. The zero-order valence-electron chi connectivity index (χ0n) is 23.6. The summed E-state index contributed by atoms with van der Waals surface area (Å²) < 4.78 is 10.9. The summed E-state index contributed by atoms with van der Waals surface area (Å²) in [6.07, 6.45) is 8.70. The van der Waals surface area contributed by atoms with Gasteiger partial charge in [0, 0.05) is 24.6 Å². The van der Waals surface area contributed by atoms with Crippen LogP contribution in [0.4, 0.5) is 5.69 Å². The van der Waals surface area contributed by atoms with E-state index in [-0.39, 0.29) is 34.0 Å². The van der Waals surface area contributed by atoms with Gasteiger partial charge in [0.1, 0.15) is 6.07 Å². The Bertz CT molecular complexity index is 1340. The number of methoxy groups -OCH3 is 2. The molecule has 0 saturated carbocycles. The standard InChI is InChI=1S/C31H38ClN5O4/c1-40-27-12-11-20(17-28(27)41-2)30-23-9-5-6-10-24(23)31(39)37(36-30)14-8-4-3-7-13-35-19-26(38)21-15-22(18-33)29(34)25(32)16-21/h5-6,11-12,15-17,23-24,26,35,38H,3-4,7-10,13-14,19,34H2,1-2H3/t23-,24+,26?/m0/s1. The number of nitrogens with two attached hydrogens (primary N) is 1. The van der Waals surface area contributed by atoms with Crippen LogP contribution in [-0.2, 0) is 4.79 Å². The Morgan fingerprint density at radius 2 is 1.85 bits per heavy atom. The molecule has 2 aromatic carbocycles. The Kier molecular flexibility index (Phi) is 10.6. The first-order valence-electron chi connectivity index (χ1n) is 14.0. The summed E-state index contributed by atoms with van der Waals surface area (Å²) in [6, 6.07) is 11.0. The smallest absolute Gasteiger partial charge is 0.246 e. The van der Waals surface area contributed by atoms with Crippen LogP contribution < -0.4 is 20.5 Å². The molecule has 41 heavy (non-hydrogen) atoms. The molecule has 1 amide bonds. The maximum Gasteiger partial charge on any atom is 0.246 e. The van der Waals surface area contributed by atoms with Gasteiger partial charge in [-0.3, -0.25) is 4.79 Å². The van der Waals surface area contributed by atoms with Gasteiger partial charge in [-0.05, 0) is 68.1 Å². The van der Waals surface area contributed by atoms with Crippen molar-refractivity contribution < 1.29 is 19.4 Å². The molecule has 1 aliphatic carbocycles. The van der Waals surface area contributed by atoms with Gasteiger partial charge in [-0.15, -0.1) is 0 Å². The molecule has 0 radical (unpaired) electrons. The van der Waals surface area contributed by atoms with Crippen LogP contribution in [0.3, 0.4) is 0 Å². The monoisotopic (exact) mass is 579 g/mol. The Balaban J connectivity index is 1.26. The Hall–Kier alpha value is -3.58. The van der Waals surface area contributed by atoms with Crippen LogP contribution >= 0.6 is 11.6 Å². The topological polar surface area (TPSA) is 133 Å². The summed E-state index contributed by atoms with van der Waals surface area (Å²) >= 11 is 6.08. The first-order valence-corrected chi connectivity index (χ1v) is 14.4. The lowest BCUT2D eigenvalue weighted by molar-refractivity contribution is -0.137. The predicted molar refractivity (Wildman–Crippen MR) is 160 cm³/mol. The van der Waals surface area contributed by atoms with Crippen LogP contribution in [0.5, 0.6) is 11.5 Å². The van der Waals surface area contributed by atoms with Crippen molar-refractivity contribution >= 4 is 28.9 Å². The third-order valence-corrected chi connectivity index (χ3v) is 8.04. The van der Waals surface area contributed by atoms with E-state index in [2.05, 4.69) is 17.5 Å². The highest BCUT2D eigenvalue weighted by Gasteiger charge is 2.40. The first-order chi connectivity index (χ1) is 19.9. The van der Waals surface area contributed by atoms with E-state index in [9.17, 15) is 15.2 Å². The van der Waals surface area contributed by atoms with Crippen LogP contribution in [0.15, 0.2) is 47.6 Å². The molecule has 9 nitrogen and oxygen atoms in total. The van der Waals surface area contributed by atoms with Gasteiger partial charge in [-0.1, -0.05) is 36.6 Å². The minimum atomic E-state index is -0.790. The number of carbonyl (C=O) groups excluding carboxylic acids is 1. The second-order valence-corrected chi connectivity index (χ2v) is 10.8. The molecular weight excluding hydrogens is 542 g/mol. The highest BCUT2D eigenvalue weighted by molar-refractivity contribution is 6.33. The van der Waals surface area contributed by atoms with Crippen molar-refractivity contribution in [3.05, 3.63) is 64.2 Å². The van der Waals surface area contributed by atoms with Gasteiger partial charge in [-0.2, -0.15) is 10.4 Å². The van der Waals surface area contributed by atoms with Gasteiger partial charge in [0.25, 0.3) is 0 Å². The second kappa shape index (κ2) is 14.4. The number of fused-ring (bicyclic) bond motifs is 1.